The van der Waals surface area contributed by atoms with Gasteiger partial charge >= 0.3 is 0 Å². The van der Waals surface area contributed by atoms with Gasteiger partial charge in [-0.05, 0) is 43.3 Å². The van der Waals surface area contributed by atoms with E-state index in [9.17, 15) is 14.9 Å². The molecule has 1 fully saturated rings. The summed E-state index contributed by atoms with van der Waals surface area (Å²) in [6.45, 7) is 1.80. The predicted octanol–water partition coefficient (Wildman–Crippen LogP) is 5.48. The van der Waals surface area contributed by atoms with Crippen LogP contribution in [-0.2, 0) is 9.59 Å². The lowest BCUT2D eigenvalue weighted by Crippen LogP contribution is -2.38. The topological polar surface area (TPSA) is 94.4 Å². The Morgan fingerprint density at radius 2 is 1.91 bits per heavy atom. The van der Waals surface area contributed by atoms with Crippen LogP contribution >= 0.6 is 23.1 Å². The molecule has 0 spiro atoms. The highest BCUT2D eigenvalue weighted by atomic mass is 32.2. The monoisotopic (exact) mass is 492 g/mol. The van der Waals surface area contributed by atoms with E-state index >= 15 is 0 Å². The van der Waals surface area contributed by atoms with Gasteiger partial charge < -0.3 is 10.6 Å². The molecule has 2 atom stereocenters. The second kappa shape index (κ2) is 11.5. The van der Waals surface area contributed by atoms with Gasteiger partial charge in [0.15, 0.2) is 0 Å². The maximum atomic E-state index is 13.3. The summed E-state index contributed by atoms with van der Waals surface area (Å²) in [6, 6.07) is 15.8. The van der Waals surface area contributed by atoms with Crippen molar-refractivity contribution >= 4 is 45.6 Å². The summed E-state index contributed by atoms with van der Waals surface area (Å²) in [6.07, 6.45) is 5.60. The smallest absolute Gasteiger partial charge is 0.254 e. The number of hydrogen-bond donors (Lipinski definition) is 2. The number of aliphatic imine (C=N–C) groups is 1. The van der Waals surface area contributed by atoms with Gasteiger partial charge in [0.1, 0.15) is 5.92 Å². The van der Waals surface area contributed by atoms with Crippen molar-refractivity contribution in [2.45, 2.75) is 51.0 Å². The van der Waals surface area contributed by atoms with Crippen LogP contribution in [0.4, 0.5) is 5.69 Å². The van der Waals surface area contributed by atoms with Gasteiger partial charge in [-0.15, -0.1) is 11.3 Å². The van der Waals surface area contributed by atoms with Crippen molar-refractivity contribution in [1.29, 1.82) is 5.26 Å². The standard InChI is InChI=1S/C26H28N4O2S2/c1-17-23(25(32)30-19-11-6-3-7-12-19)24(21-13-8-14-33-21)20(15-27)26(28-17)34-16-22(31)29-18-9-4-2-5-10-18/h3,6-8,11-14,18,20,24H,2,4-5,9-10,16H2,1H3,(H,29,31)(H,30,32). The number of nitrogens with zero attached hydrogens (tertiary/aromatic N) is 2. The van der Waals surface area contributed by atoms with E-state index in [4.69, 9.17) is 0 Å². The van der Waals surface area contributed by atoms with E-state index < -0.39 is 11.8 Å². The zero-order chi connectivity index (χ0) is 23.9. The molecule has 1 aromatic heterocycles. The second-order valence-corrected chi connectivity index (χ2v) is 10.5. The molecule has 2 aliphatic rings. The quantitative estimate of drug-likeness (QED) is 0.558. The van der Waals surface area contributed by atoms with E-state index in [0.29, 0.717) is 22.0 Å². The number of allylic oxidation sites excluding steroid dienone is 1. The SMILES string of the molecule is CC1=C(C(=O)Nc2ccccc2)C(c2cccs2)C(C#N)C(SCC(=O)NC2CCCCC2)=N1. The summed E-state index contributed by atoms with van der Waals surface area (Å²) in [7, 11) is 0. The Morgan fingerprint density at radius 3 is 2.59 bits per heavy atom. The third-order valence-electron chi connectivity index (χ3n) is 6.16. The fraction of sp³-hybridized carbons (Fsp3) is 0.385. The Labute approximate surface area is 208 Å². The first kappa shape index (κ1) is 24.2. The molecule has 2 aromatic rings. The summed E-state index contributed by atoms with van der Waals surface area (Å²) in [4.78, 5) is 31.5. The molecular weight excluding hydrogens is 464 g/mol. The third kappa shape index (κ3) is 5.78. The molecular formula is C26H28N4O2S2. The van der Waals surface area contributed by atoms with Gasteiger partial charge in [-0.3, -0.25) is 9.59 Å². The van der Waals surface area contributed by atoms with Gasteiger partial charge in [-0.2, -0.15) is 5.26 Å². The van der Waals surface area contributed by atoms with Crippen LogP contribution in [0.15, 0.2) is 64.1 Å². The fourth-order valence-corrected chi connectivity index (χ4v) is 6.34. The lowest BCUT2D eigenvalue weighted by atomic mass is 9.82. The first-order valence-electron chi connectivity index (χ1n) is 11.6. The van der Waals surface area contributed by atoms with Crippen LogP contribution in [0, 0.1) is 17.2 Å². The molecule has 8 heteroatoms. The van der Waals surface area contributed by atoms with E-state index in [1.165, 1.54) is 29.5 Å². The molecule has 2 N–H and O–H groups in total. The molecule has 1 aromatic carbocycles. The van der Waals surface area contributed by atoms with Crippen LogP contribution in [0.2, 0.25) is 0 Å². The molecule has 4 rings (SSSR count). The van der Waals surface area contributed by atoms with E-state index in [1.807, 2.05) is 47.8 Å². The minimum Gasteiger partial charge on any atom is -0.353 e. The molecule has 2 heterocycles. The number of carbonyl (C=O) groups is 2. The second-order valence-electron chi connectivity index (χ2n) is 8.56. The highest BCUT2D eigenvalue weighted by Gasteiger charge is 2.39. The highest BCUT2D eigenvalue weighted by molar-refractivity contribution is 8.14. The molecule has 1 aliphatic heterocycles. The van der Waals surface area contributed by atoms with Crippen molar-refractivity contribution in [2.75, 3.05) is 11.1 Å². The minimum absolute atomic E-state index is 0.0294. The molecule has 6 nitrogen and oxygen atoms in total. The number of thiophene rings is 1. The molecule has 1 aliphatic carbocycles. The van der Waals surface area contributed by atoms with E-state index in [1.54, 1.807) is 6.92 Å². The lowest BCUT2D eigenvalue weighted by Gasteiger charge is -2.29. The average Bonchev–Trinajstić information content (AvgIpc) is 3.38. The first-order valence-corrected chi connectivity index (χ1v) is 13.4. The van der Waals surface area contributed by atoms with Crippen molar-refractivity contribution in [1.82, 2.24) is 5.32 Å². The first-order chi connectivity index (χ1) is 16.6. The van der Waals surface area contributed by atoms with Crippen molar-refractivity contribution < 1.29 is 9.59 Å². The molecule has 34 heavy (non-hydrogen) atoms. The van der Waals surface area contributed by atoms with Crippen molar-refractivity contribution in [2.24, 2.45) is 10.9 Å². The number of thioether (sulfide) groups is 1. The van der Waals surface area contributed by atoms with Gasteiger partial charge in [-0.1, -0.05) is 55.3 Å². The summed E-state index contributed by atoms with van der Waals surface area (Å²) in [5.41, 5.74) is 1.76. The number of benzene rings is 1. The van der Waals surface area contributed by atoms with E-state index in [2.05, 4.69) is 21.7 Å². The Morgan fingerprint density at radius 1 is 1.15 bits per heavy atom. The number of nitriles is 1. The van der Waals surface area contributed by atoms with Crippen molar-refractivity contribution in [3.05, 3.63) is 64.0 Å². The van der Waals surface area contributed by atoms with Crippen LogP contribution < -0.4 is 10.6 Å². The summed E-state index contributed by atoms with van der Waals surface area (Å²) >= 11 is 2.82. The molecule has 0 saturated heterocycles. The molecule has 0 bridgehead atoms. The van der Waals surface area contributed by atoms with Gasteiger partial charge in [0.05, 0.1) is 16.9 Å². The number of para-hydroxylation sites is 1. The van der Waals surface area contributed by atoms with E-state index in [-0.39, 0.29) is 23.6 Å². The number of nitrogens with one attached hydrogen (secondary N) is 2. The van der Waals surface area contributed by atoms with Gasteiger partial charge in [0, 0.05) is 33.8 Å². The lowest BCUT2D eigenvalue weighted by molar-refractivity contribution is -0.119. The van der Waals surface area contributed by atoms with E-state index in [0.717, 1.165) is 30.6 Å². The maximum Gasteiger partial charge on any atom is 0.254 e. The number of rotatable bonds is 6. The molecule has 0 radical (unpaired) electrons. The Balaban J connectivity index is 1.56. The minimum atomic E-state index is -0.633. The number of anilines is 1. The summed E-state index contributed by atoms with van der Waals surface area (Å²) < 4.78 is 0. The summed E-state index contributed by atoms with van der Waals surface area (Å²) in [5.74, 6) is -1.14. The van der Waals surface area contributed by atoms with Crippen LogP contribution in [0.1, 0.15) is 49.8 Å². The van der Waals surface area contributed by atoms with Gasteiger partial charge in [0.25, 0.3) is 5.91 Å². The molecule has 176 valence electrons. The molecule has 1 saturated carbocycles. The Hall–Kier alpha value is -2.89. The van der Waals surface area contributed by atoms with Crippen LogP contribution in [0.5, 0.6) is 0 Å². The maximum absolute atomic E-state index is 13.3. The number of carbonyl (C=O) groups excluding carboxylic acids is 2. The fourth-order valence-electron chi connectivity index (χ4n) is 4.54. The Kier molecular flexibility index (Phi) is 8.20. The predicted molar refractivity (Wildman–Crippen MR) is 139 cm³/mol. The normalized spacial score (nSPS) is 20.9. The van der Waals surface area contributed by atoms with Crippen molar-refractivity contribution in [3.8, 4) is 6.07 Å². The van der Waals surface area contributed by atoms with Crippen LogP contribution in [0.3, 0.4) is 0 Å². The number of amides is 2. The van der Waals surface area contributed by atoms with Gasteiger partial charge in [-0.25, -0.2) is 4.99 Å². The zero-order valence-electron chi connectivity index (χ0n) is 19.1. The van der Waals surface area contributed by atoms with Gasteiger partial charge in [0.2, 0.25) is 5.91 Å². The molecule has 2 amide bonds. The Bertz CT molecular complexity index is 1110. The van der Waals surface area contributed by atoms with Crippen LogP contribution in [0.25, 0.3) is 0 Å². The molecule has 2 unspecified atom stereocenters. The summed E-state index contributed by atoms with van der Waals surface area (Å²) in [5, 5.41) is 18.7. The van der Waals surface area contributed by atoms with Crippen molar-refractivity contribution in [3.63, 3.8) is 0 Å². The van der Waals surface area contributed by atoms with Crippen LogP contribution in [-0.4, -0.2) is 28.7 Å². The zero-order valence-corrected chi connectivity index (χ0v) is 20.8. The highest BCUT2D eigenvalue weighted by Crippen LogP contribution is 2.43. The average molecular weight is 493 g/mol. The largest absolute Gasteiger partial charge is 0.353 e. The third-order valence-corrected chi connectivity index (χ3v) is 8.17. The number of hydrogen-bond acceptors (Lipinski definition) is 6.